The van der Waals surface area contributed by atoms with E-state index in [1.165, 1.54) is 39.1 Å². The summed E-state index contributed by atoms with van der Waals surface area (Å²) in [5, 5.41) is 17.7. The number of carbonyl (C=O) groups excluding carboxylic acids is 1. The van der Waals surface area contributed by atoms with Crippen LogP contribution < -0.4 is 10.6 Å². The molecule has 0 saturated carbocycles. The van der Waals surface area contributed by atoms with Crippen molar-refractivity contribution < 1.29 is 4.79 Å². The topological polar surface area (TPSA) is 66.9 Å². The molecule has 0 spiro atoms. The quantitative estimate of drug-likeness (QED) is 0.351. The molecular formula is C22H28N4OS3. The molecule has 0 aliphatic rings. The third-order valence-corrected chi connectivity index (χ3v) is 7.55. The number of aromatic nitrogens is 2. The Kier molecular flexibility index (Phi) is 8.30. The summed E-state index contributed by atoms with van der Waals surface area (Å²) in [6.45, 7) is 9.43. The lowest BCUT2D eigenvalue weighted by Gasteiger charge is -2.20. The van der Waals surface area contributed by atoms with Crippen molar-refractivity contribution in [2.24, 2.45) is 0 Å². The zero-order valence-electron chi connectivity index (χ0n) is 17.8. The smallest absolute Gasteiger partial charge is 0.234 e. The Morgan fingerprint density at radius 2 is 1.80 bits per heavy atom. The van der Waals surface area contributed by atoms with E-state index < -0.39 is 0 Å². The minimum Gasteiger partial charge on any atom is -0.360 e. The number of nitrogens with one attached hydrogen (secondary N) is 2. The van der Waals surface area contributed by atoms with Crippen molar-refractivity contribution in [3.05, 3.63) is 51.7 Å². The van der Waals surface area contributed by atoms with Crippen LogP contribution in [0.5, 0.6) is 0 Å². The van der Waals surface area contributed by atoms with Gasteiger partial charge in [0.2, 0.25) is 11.0 Å². The SMILES string of the molecule is CC(C)c1cccc(C(C)C)c1NC(=O)CSc1nnc(NCCc2cccs2)s1. The standard InChI is InChI=1S/C22H28N4OS3/c1-14(2)17-8-5-9-18(15(3)4)20(17)24-19(27)13-29-22-26-25-21(30-22)23-11-10-16-7-6-12-28-16/h5-9,12,14-15H,10-11,13H2,1-4H3,(H,23,25)(H,24,27). The van der Waals surface area contributed by atoms with Crippen LogP contribution in [0, 0.1) is 0 Å². The molecule has 0 bridgehead atoms. The van der Waals surface area contributed by atoms with Gasteiger partial charge in [-0.25, -0.2) is 0 Å². The van der Waals surface area contributed by atoms with Gasteiger partial charge >= 0.3 is 0 Å². The maximum atomic E-state index is 12.7. The highest BCUT2D eigenvalue weighted by molar-refractivity contribution is 8.01. The Morgan fingerprint density at radius 1 is 1.07 bits per heavy atom. The van der Waals surface area contributed by atoms with Crippen molar-refractivity contribution in [1.82, 2.24) is 10.2 Å². The normalized spacial score (nSPS) is 11.3. The number of rotatable bonds is 10. The number of anilines is 2. The van der Waals surface area contributed by atoms with Crippen LogP contribution >= 0.6 is 34.4 Å². The van der Waals surface area contributed by atoms with E-state index in [2.05, 4.69) is 84.2 Å². The van der Waals surface area contributed by atoms with Crippen molar-refractivity contribution >= 4 is 51.2 Å². The van der Waals surface area contributed by atoms with Gasteiger partial charge in [-0.15, -0.1) is 21.5 Å². The number of hydrogen-bond donors (Lipinski definition) is 2. The summed E-state index contributed by atoms with van der Waals surface area (Å²) in [5.74, 6) is 0.987. The first-order valence-corrected chi connectivity index (χ1v) is 12.8. The second-order valence-electron chi connectivity index (χ2n) is 7.59. The maximum absolute atomic E-state index is 12.7. The molecule has 8 heteroatoms. The predicted molar refractivity (Wildman–Crippen MR) is 130 cm³/mol. The molecule has 2 aromatic heterocycles. The summed E-state index contributed by atoms with van der Waals surface area (Å²) in [5.41, 5.74) is 3.31. The summed E-state index contributed by atoms with van der Waals surface area (Å²) < 4.78 is 0.796. The summed E-state index contributed by atoms with van der Waals surface area (Å²) in [4.78, 5) is 14.0. The second kappa shape index (κ2) is 10.9. The lowest BCUT2D eigenvalue weighted by Crippen LogP contribution is -2.17. The van der Waals surface area contributed by atoms with Crippen LogP contribution in [0.1, 0.15) is 55.5 Å². The lowest BCUT2D eigenvalue weighted by atomic mass is 9.92. The van der Waals surface area contributed by atoms with E-state index >= 15 is 0 Å². The molecule has 30 heavy (non-hydrogen) atoms. The Hall–Kier alpha value is -1.90. The van der Waals surface area contributed by atoms with Gasteiger partial charge in [0, 0.05) is 17.1 Å². The van der Waals surface area contributed by atoms with Gasteiger partial charge in [0.05, 0.1) is 5.75 Å². The minimum atomic E-state index is -0.0163. The molecule has 1 aromatic carbocycles. The highest BCUT2D eigenvalue weighted by atomic mass is 32.2. The van der Waals surface area contributed by atoms with Crippen LogP contribution in [0.25, 0.3) is 0 Å². The molecule has 0 unspecified atom stereocenters. The molecule has 0 aliphatic carbocycles. The molecule has 0 saturated heterocycles. The van der Waals surface area contributed by atoms with E-state index in [0.717, 1.165) is 28.1 Å². The monoisotopic (exact) mass is 460 g/mol. The molecule has 1 amide bonds. The second-order valence-corrected chi connectivity index (χ2v) is 10.8. The maximum Gasteiger partial charge on any atom is 0.234 e. The Morgan fingerprint density at radius 3 is 2.43 bits per heavy atom. The minimum absolute atomic E-state index is 0.0163. The van der Waals surface area contributed by atoms with Crippen LogP contribution in [-0.2, 0) is 11.2 Å². The summed E-state index contributed by atoms with van der Waals surface area (Å²) in [6, 6.07) is 10.5. The number of para-hydroxylation sites is 1. The first kappa shape index (κ1) is 22.8. The van der Waals surface area contributed by atoms with E-state index in [4.69, 9.17) is 0 Å². The number of benzene rings is 1. The number of carbonyl (C=O) groups is 1. The van der Waals surface area contributed by atoms with Crippen LogP contribution in [0.2, 0.25) is 0 Å². The van der Waals surface area contributed by atoms with Crippen LogP contribution in [0.15, 0.2) is 40.1 Å². The van der Waals surface area contributed by atoms with E-state index in [1.54, 1.807) is 11.3 Å². The first-order chi connectivity index (χ1) is 14.4. The van der Waals surface area contributed by atoms with Gasteiger partial charge in [-0.2, -0.15) is 0 Å². The third kappa shape index (κ3) is 6.30. The largest absolute Gasteiger partial charge is 0.360 e. The number of amides is 1. The van der Waals surface area contributed by atoms with Gasteiger partial charge in [-0.3, -0.25) is 4.79 Å². The average molecular weight is 461 g/mol. The highest BCUT2D eigenvalue weighted by Gasteiger charge is 2.16. The summed E-state index contributed by atoms with van der Waals surface area (Å²) in [6.07, 6.45) is 0.968. The van der Waals surface area contributed by atoms with Crippen molar-refractivity contribution in [2.75, 3.05) is 22.9 Å². The average Bonchev–Trinajstić information content (AvgIpc) is 3.38. The van der Waals surface area contributed by atoms with Gasteiger partial charge in [0.1, 0.15) is 0 Å². The van der Waals surface area contributed by atoms with Crippen molar-refractivity contribution in [1.29, 1.82) is 0 Å². The molecule has 2 heterocycles. The Bertz CT molecular complexity index is 925. The Labute approximate surface area is 190 Å². The molecular weight excluding hydrogens is 432 g/mol. The number of hydrogen-bond acceptors (Lipinski definition) is 7. The van der Waals surface area contributed by atoms with Crippen molar-refractivity contribution in [2.45, 2.75) is 50.3 Å². The van der Waals surface area contributed by atoms with E-state index in [0.29, 0.717) is 17.6 Å². The van der Waals surface area contributed by atoms with Crippen molar-refractivity contribution in [3.8, 4) is 0 Å². The number of nitrogens with zero attached hydrogens (tertiary/aromatic N) is 2. The molecule has 0 aliphatic heterocycles. The van der Waals surface area contributed by atoms with Crippen LogP contribution in [-0.4, -0.2) is 28.4 Å². The molecule has 0 atom stereocenters. The molecule has 3 rings (SSSR count). The van der Waals surface area contributed by atoms with Crippen LogP contribution in [0.3, 0.4) is 0 Å². The fourth-order valence-electron chi connectivity index (χ4n) is 3.09. The highest BCUT2D eigenvalue weighted by Crippen LogP contribution is 2.33. The van der Waals surface area contributed by atoms with Gasteiger partial charge < -0.3 is 10.6 Å². The summed E-state index contributed by atoms with van der Waals surface area (Å²) in [7, 11) is 0. The Balaban J connectivity index is 1.53. The van der Waals surface area contributed by atoms with Gasteiger partial charge in [0.25, 0.3) is 0 Å². The van der Waals surface area contributed by atoms with Crippen LogP contribution in [0.4, 0.5) is 10.8 Å². The van der Waals surface area contributed by atoms with Crippen molar-refractivity contribution in [3.63, 3.8) is 0 Å². The molecule has 5 nitrogen and oxygen atoms in total. The molecule has 160 valence electrons. The van der Waals surface area contributed by atoms with Gasteiger partial charge in [-0.05, 0) is 40.8 Å². The molecule has 3 aromatic rings. The van der Waals surface area contributed by atoms with Gasteiger partial charge in [0.15, 0.2) is 4.34 Å². The predicted octanol–water partition coefficient (Wildman–Crippen LogP) is 6.23. The lowest BCUT2D eigenvalue weighted by molar-refractivity contribution is -0.113. The zero-order valence-corrected chi connectivity index (χ0v) is 20.2. The molecule has 0 fully saturated rings. The van der Waals surface area contributed by atoms with E-state index in [9.17, 15) is 4.79 Å². The number of thiophene rings is 1. The zero-order chi connectivity index (χ0) is 21.5. The molecule has 0 radical (unpaired) electrons. The van der Waals surface area contributed by atoms with Gasteiger partial charge in [-0.1, -0.05) is 75.1 Å². The fraction of sp³-hybridized carbons (Fsp3) is 0.409. The third-order valence-electron chi connectivity index (χ3n) is 4.60. The van der Waals surface area contributed by atoms with E-state index in [-0.39, 0.29) is 5.91 Å². The first-order valence-electron chi connectivity index (χ1n) is 10.1. The summed E-state index contributed by atoms with van der Waals surface area (Å²) >= 11 is 4.67. The van der Waals surface area contributed by atoms with E-state index in [1.807, 2.05) is 0 Å². The number of thioether (sulfide) groups is 1. The molecule has 2 N–H and O–H groups in total. The fourth-order valence-corrected chi connectivity index (χ4v) is 5.37.